The van der Waals surface area contributed by atoms with Crippen LogP contribution in [0.25, 0.3) is 0 Å². The first-order chi connectivity index (χ1) is 10.9. The van der Waals surface area contributed by atoms with Crippen molar-refractivity contribution in [1.29, 1.82) is 0 Å². The summed E-state index contributed by atoms with van der Waals surface area (Å²) in [6, 6.07) is 1.38. The number of aromatic nitrogens is 1. The van der Waals surface area contributed by atoms with Crippen LogP contribution in [0.5, 0.6) is 0 Å². The summed E-state index contributed by atoms with van der Waals surface area (Å²) < 4.78 is 36.1. The fourth-order valence-electron chi connectivity index (χ4n) is 3.35. The van der Waals surface area contributed by atoms with E-state index >= 15 is 0 Å². The predicted molar refractivity (Wildman–Crippen MR) is 79.5 cm³/mol. The monoisotopic (exact) mass is 341 g/mol. The molecule has 1 aromatic rings. The molecule has 23 heavy (non-hydrogen) atoms. The van der Waals surface area contributed by atoms with E-state index in [1.807, 2.05) is 0 Å². The van der Waals surface area contributed by atoms with Gasteiger partial charge in [-0.05, 0) is 12.8 Å². The van der Waals surface area contributed by atoms with Gasteiger partial charge in [0.15, 0.2) is 5.69 Å². The Labute approximate surface area is 134 Å². The molecule has 1 amide bonds. The number of likely N-dealkylation sites (tertiary alicyclic amines) is 1. The second-order valence-electron chi connectivity index (χ2n) is 6.45. The molecular weight excluding hydrogens is 322 g/mol. The minimum Gasteiger partial charge on any atom is -0.373 e. The number of sulfonamides is 1. The van der Waals surface area contributed by atoms with Crippen LogP contribution >= 0.6 is 0 Å². The van der Waals surface area contributed by atoms with Gasteiger partial charge in [-0.2, -0.15) is 4.31 Å². The molecule has 1 aromatic heterocycles. The zero-order valence-electron chi connectivity index (χ0n) is 12.8. The molecule has 8 nitrogen and oxygen atoms in total. The number of carbonyl (C=O) groups excluding carboxylic acids is 1. The van der Waals surface area contributed by atoms with Gasteiger partial charge in [0.2, 0.25) is 10.0 Å². The van der Waals surface area contributed by atoms with Gasteiger partial charge in [-0.3, -0.25) is 4.79 Å². The highest BCUT2D eigenvalue weighted by molar-refractivity contribution is 7.88. The molecule has 0 bridgehead atoms. The molecule has 0 aromatic carbocycles. The molecule has 3 aliphatic rings. The second-order valence-corrected chi connectivity index (χ2v) is 8.38. The van der Waals surface area contributed by atoms with Gasteiger partial charge in [0.05, 0.1) is 25.0 Å². The van der Waals surface area contributed by atoms with E-state index in [1.54, 1.807) is 11.0 Å². The summed E-state index contributed by atoms with van der Waals surface area (Å²) in [5.41, 5.74) is 0.288. The van der Waals surface area contributed by atoms with E-state index in [2.05, 4.69) is 5.16 Å². The largest absolute Gasteiger partial charge is 0.373 e. The van der Waals surface area contributed by atoms with Crippen LogP contribution < -0.4 is 0 Å². The number of amides is 1. The van der Waals surface area contributed by atoms with E-state index in [1.165, 1.54) is 10.6 Å². The third-order valence-electron chi connectivity index (χ3n) is 4.69. The zero-order chi connectivity index (χ0) is 16.2. The molecule has 0 unspecified atom stereocenters. The van der Waals surface area contributed by atoms with Crippen LogP contribution in [0.15, 0.2) is 10.6 Å². The predicted octanol–water partition coefficient (Wildman–Crippen LogP) is 0.0368. The molecular formula is C14H19N3O5S. The Balaban J connectivity index is 1.51. The van der Waals surface area contributed by atoms with E-state index in [0.29, 0.717) is 32.2 Å². The number of carbonyl (C=O) groups is 1. The summed E-state index contributed by atoms with van der Waals surface area (Å²) in [4.78, 5) is 14.2. The van der Waals surface area contributed by atoms with Crippen molar-refractivity contribution in [3.8, 4) is 0 Å². The quantitative estimate of drug-likeness (QED) is 0.770. The first kappa shape index (κ1) is 15.1. The van der Waals surface area contributed by atoms with E-state index < -0.39 is 10.0 Å². The average Bonchev–Trinajstić information content (AvgIpc) is 3.08. The number of rotatable bonds is 3. The lowest BCUT2D eigenvalue weighted by Gasteiger charge is -2.34. The van der Waals surface area contributed by atoms with Crippen LogP contribution in [0.4, 0.5) is 0 Å². The maximum atomic E-state index is 12.6. The first-order valence-electron chi connectivity index (χ1n) is 7.78. The molecule has 2 atom stereocenters. The first-order valence-corrected chi connectivity index (χ1v) is 9.62. The highest BCUT2D eigenvalue weighted by Gasteiger charge is 2.45. The van der Waals surface area contributed by atoms with Crippen molar-refractivity contribution in [1.82, 2.24) is 14.4 Å². The molecule has 0 N–H and O–H groups in total. The molecule has 2 saturated heterocycles. The Bertz CT molecular complexity index is 727. The highest BCUT2D eigenvalue weighted by atomic mass is 32.2. The zero-order valence-corrected chi connectivity index (χ0v) is 13.7. The Morgan fingerprint density at radius 1 is 1.35 bits per heavy atom. The highest BCUT2D eigenvalue weighted by Crippen LogP contribution is 2.40. The van der Waals surface area contributed by atoms with Crippen molar-refractivity contribution in [2.24, 2.45) is 0 Å². The van der Waals surface area contributed by atoms with Crippen LogP contribution in [-0.2, 0) is 14.8 Å². The molecule has 0 radical (unpaired) electrons. The number of nitrogens with zero attached hydrogens (tertiary/aromatic N) is 3. The van der Waals surface area contributed by atoms with Gasteiger partial charge < -0.3 is 14.2 Å². The van der Waals surface area contributed by atoms with Crippen LogP contribution in [0.1, 0.15) is 35.0 Å². The summed E-state index contributed by atoms with van der Waals surface area (Å²) in [5, 5.41) is 3.87. The molecule has 3 fully saturated rings. The van der Waals surface area contributed by atoms with Crippen molar-refractivity contribution in [3.05, 3.63) is 17.5 Å². The normalized spacial score (nSPS) is 28.8. The lowest BCUT2D eigenvalue weighted by Crippen LogP contribution is -2.52. The third kappa shape index (κ3) is 2.77. The minimum absolute atomic E-state index is 0.230. The lowest BCUT2D eigenvalue weighted by atomic mass is 10.2. The minimum atomic E-state index is -3.31. The van der Waals surface area contributed by atoms with Gasteiger partial charge in [-0.25, -0.2) is 8.42 Å². The molecule has 126 valence electrons. The van der Waals surface area contributed by atoms with Crippen molar-refractivity contribution in [3.63, 3.8) is 0 Å². The van der Waals surface area contributed by atoms with Gasteiger partial charge in [0.1, 0.15) is 5.76 Å². The van der Waals surface area contributed by atoms with Gasteiger partial charge in [-0.15, -0.1) is 0 Å². The standard InChI is InChI=1S/C14H19N3O5S/c1-23(19,20)17-4-5-21-13-8-16(7-11(13)17)14(18)10-6-12(22-15-10)9-2-3-9/h6,9,11,13H,2-5,7-8H2,1H3/t11-,13+/m1/s1. The fraction of sp³-hybridized carbons (Fsp3) is 0.714. The number of hydrogen-bond acceptors (Lipinski definition) is 6. The molecule has 4 rings (SSSR count). The van der Waals surface area contributed by atoms with Crippen LogP contribution in [-0.4, -0.2) is 73.3 Å². The topological polar surface area (TPSA) is 93.0 Å². The summed E-state index contributed by atoms with van der Waals surface area (Å²) >= 11 is 0. The molecule has 3 heterocycles. The number of fused-ring (bicyclic) bond motifs is 1. The van der Waals surface area contributed by atoms with E-state index in [-0.39, 0.29) is 23.7 Å². The maximum Gasteiger partial charge on any atom is 0.276 e. The Kier molecular flexibility index (Phi) is 3.47. The summed E-state index contributed by atoms with van der Waals surface area (Å²) in [6.45, 7) is 1.38. The molecule has 2 aliphatic heterocycles. The fourth-order valence-corrected chi connectivity index (χ4v) is 4.45. The van der Waals surface area contributed by atoms with E-state index in [4.69, 9.17) is 9.26 Å². The van der Waals surface area contributed by atoms with E-state index in [0.717, 1.165) is 18.6 Å². The van der Waals surface area contributed by atoms with Crippen molar-refractivity contribution >= 4 is 15.9 Å². The van der Waals surface area contributed by atoms with Gasteiger partial charge in [-0.1, -0.05) is 5.16 Å². The van der Waals surface area contributed by atoms with Gasteiger partial charge in [0, 0.05) is 31.6 Å². The number of ether oxygens (including phenoxy) is 1. The molecule has 1 aliphatic carbocycles. The van der Waals surface area contributed by atoms with Crippen LogP contribution in [0, 0.1) is 0 Å². The molecule has 9 heteroatoms. The Hall–Kier alpha value is -1.45. The third-order valence-corrected chi connectivity index (χ3v) is 6.00. The van der Waals surface area contributed by atoms with Crippen molar-refractivity contribution in [2.75, 3.05) is 32.5 Å². The average molecular weight is 341 g/mol. The summed E-state index contributed by atoms with van der Waals surface area (Å²) in [6.07, 6.45) is 3.07. The lowest BCUT2D eigenvalue weighted by molar-refractivity contribution is -0.0157. The van der Waals surface area contributed by atoms with Crippen LogP contribution in [0.2, 0.25) is 0 Å². The van der Waals surface area contributed by atoms with Gasteiger partial charge >= 0.3 is 0 Å². The number of hydrogen-bond donors (Lipinski definition) is 0. The second kappa shape index (κ2) is 5.29. The molecule has 1 saturated carbocycles. The van der Waals surface area contributed by atoms with Crippen molar-refractivity contribution in [2.45, 2.75) is 30.9 Å². The van der Waals surface area contributed by atoms with Crippen LogP contribution in [0.3, 0.4) is 0 Å². The Morgan fingerprint density at radius 3 is 2.83 bits per heavy atom. The van der Waals surface area contributed by atoms with Crippen molar-refractivity contribution < 1.29 is 22.5 Å². The smallest absolute Gasteiger partial charge is 0.276 e. The number of morpholine rings is 1. The maximum absolute atomic E-state index is 12.6. The summed E-state index contributed by atoms with van der Waals surface area (Å²) in [5.74, 6) is 0.931. The van der Waals surface area contributed by atoms with E-state index in [9.17, 15) is 13.2 Å². The summed E-state index contributed by atoms with van der Waals surface area (Å²) in [7, 11) is -3.31. The van der Waals surface area contributed by atoms with Gasteiger partial charge in [0.25, 0.3) is 5.91 Å². The SMILES string of the molecule is CS(=O)(=O)N1CCO[C@H]2CN(C(=O)c3cc(C4CC4)on3)C[C@H]21. The Morgan fingerprint density at radius 2 is 2.13 bits per heavy atom. The molecule has 0 spiro atoms.